The number of sulfonamides is 1. The number of sulfone groups is 1. The summed E-state index contributed by atoms with van der Waals surface area (Å²) in [7, 11) is -4.14. The molecular weight excluding hydrogens is 302 g/mol. The molecule has 0 unspecified atom stereocenters. The van der Waals surface area contributed by atoms with Gasteiger partial charge in [-0.05, 0) is 25.0 Å². The molecule has 1 aliphatic carbocycles. The van der Waals surface area contributed by atoms with Gasteiger partial charge in [0.2, 0.25) is 5.09 Å². The lowest BCUT2D eigenvalue weighted by Gasteiger charge is -2.10. The standard InChI is InChI=1S/C12H19NO5S2/c1-13(2)20(16,17)12-8-7-10(18-12)9-19(14,15)11-5-3-4-6-11/h7-8,11H,3-6,9H2,1-2H3. The predicted octanol–water partition coefficient (Wildman–Crippen LogP) is 1.39. The molecule has 0 bridgehead atoms. The number of hydrogen-bond acceptors (Lipinski definition) is 5. The summed E-state index contributed by atoms with van der Waals surface area (Å²) in [5.74, 6) is -0.0574. The summed E-state index contributed by atoms with van der Waals surface area (Å²) in [5, 5.41) is -0.541. The smallest absolute Gasteiger partial charge is 0.275 e. The third-order valence-electron chi connectivity index (χ3n) is 3.53. The Morgan fingerprint density at radius 3 is 2.30 bits per heavy atom. The van der Waals surface area contributed by atoms with Crippen LogP contribution in [0.25, 0.3) is 0 Å². The lowest BCUT2D eigenvalue weighted by molar-refractivity contribution is 0.405. The zero-order valence-electron chi connectivity index (χ0n) is 11.6. The molecule has 0 aromatic carbocycles. The normalized spacial score (nSPS) is 17.9. The Labute approximate surface area is 119 Å². The average molecular weight is 321 g/mol. The van der Waals surface area contributed by atoms with Gasteiger partial charge in [-0.1, -0.05) is 12.8 Å². The molecule has 1 heterocycles. The SMILES string of the molecule is CN(C)S(=O)(=O)c1ccc(CS(=O)(=O)C2CCCC2)o1. The first-order valence-corrected chi connectivity index (χ1v) is 9.62. The molecule has 1 aromatic heterocycles. The number of hydrogen-bond donors (Lipinski definition) is 0. The summed E-state index contributed by atoms with van der Waals surface area (Å²) in [6, 6.07) is 2.72. The van der Waals surface area contributed by atoms with Crippen molar-refractivity contribution in [3.05, 3.63) is 17.9 Å². The Hall–Kier alpha value is -0.860. The number of nitrogens with zero attached hydrogens (tertiary/aromatic N) is 1. The average Bonchev–Trinajstić information content (AvgIpc) is 2.98. The van der Waals surface area contributed by atoms with Gasteiger partial charge in [-0.2, -0.15) is 0 Å². The van der Waals surface area contributed by atoms with Crippen molar-refractivity contribution in [3.8, 4) is 0 Å². The molecule has 0 radical (unpaired) electrons. The van der Waals surface area contributed by atoms with Crippen molar-refractivity contribution in [3.63, 3.8) is 0 Å². The topological polar surface area (TPSA) is 84.7 Å². The van der Waals surface area contributed by atoms with Crippen molar-refractivity contribution in [2.45, 2.75) is 41.8 Å². The van der Waals surface area contributed by atoms with Crippen molar-refractivity contribution in [2.75, 3.05) is 14.1 Å². The summed E-state index contributed by atoms with van der Waals surface area (Å²) in [4.78, 5) is 0. The van der Waals surface area contributed by atoms with Crippen molar-refractivity contribution in [1.82, 2.24) is 4.31 Å². The van der Waals surface area contributed by atoms with Crippen molar-refractivity contribution in [2.24, 2.45) is 0 Å². The fourth-order valence-electron chi connectivity index (χ4n) is 2.32. The quantitative estimate of drug-likeness (QED) is 0.818. The Kier molecular flexibility index (Phi) is 4.27. The first kappa shape index (κ1) is 15.5. The second kappa shape index (κ2) is 5.50. The maximum atomic E-state index is 12.2. The van der Waals surface area contributed by atoms with E-state index in [1.165, 1.54) is 26.2 Å². The lowest BCUT2D eigenvalue weighted by Crippen LogP contribution is -2.21. The van der Waals surface area contributed by atoms with E-state index in [4.69, 9.17) is 4.42 Å². The molecule has 0 spiro atoms. The van der Waals surface area contributed by atoms with Crippen LogP contribution < -0.4 is 0 Å². The molecule has 0 atom stereocenters. The van der Waals surface area contributed by atoms with E-state index in [9.17, 15) is 16.8 Å². The Morgan fingerprint density at radius 1 is 1.15 bits per heavy atom. The van der Waals surface area contributed by atoms with E-state index >= 15 is 0 Å². The minimum Gasteiger partial charge on any atom is -0.447 e. The highest BCUT2D eigenvalue weighted by molar-refractivity contribution is 7.91. The van der Waals surface area contributed by atoms with Crippen LogP contribution in [0.15, 0.2) is 21.6 Å². The molecule has 0 N–H and O–H groups in total. The maximum Gasteiger partial charge on any atom is 0.275 e. The molecule has 0 amide bonds. The summed E-state index contributed by atoms with van der Waals surface area (Å²) in [5.41, 5.74) is 0. The summed E-state index contributed by atoms with van der Waals surface area (Å²) < 4.78 is 54.3. The monoisotopic (exact) mass is 321 g/mol. The number of rotatable bonds is 5. The maximum absolute atomic E-state index is 12.2. The van der Waals surface area contributed by atoms with Gasteiger partial charge in [-0.15, -0.1) is 0 Å². The van der Waals surface area contributed by atoms with E-state index < -0.39 is 19.9 Å². The van der Waals surface area contributed by atoms with Crippen LogP contribution in [-0.4, -0.2) is 40.5 Å². The van der Waals surface area contributed by atoms with Gasteiger partial charge in [0.25, 0.3) is 10.0 Å². The third-order valence-corrected chi connectivity index (χ3v) is 7.39. The van der Waals surface area contributed by atoms with Crippen molar-refractivity contribution >= 4 is 19.9 Å². The highest BCUT2D eigenvalue weighted by atomic mass is 32.2. The van der Waals surface area contributed by atoms with Gasteiger partial charge in [0.15, 0.2) is 9.84 Å². The molecule has 2 rings (SSSR count). The summed E-state index contributed by atoms with van der Waals surface area (Å²) in [6.07, 6.45) is 3.24. The molecule has 1 fully saturated rings. The molecule has 114 valence electrons. The Balaban J connectivity index is 2.18. The van der Waals surface area contributed by atoms with Crippen LogP contribution >= 0.6 is 0 Å². The largest absolute Gasteiger partial charge is 0.447 e. The van der Waals surface area contributed by atoms with Crippen molar-refractivity contribution < 1.29 is 21.3 Å². The Bertz CT molecular complexity index is 666. The van der Waals surface area contributed by atoms with Gasteiger partial charge in [0, 0.05) is 14.1 Å². The molecule has 20 heavy (non-hydrogen) atoms. The van der Waals surface area contributed by atoms with E-state index in [1.807, 2.05) is 0 Å². The van der Waals surface area contributed by atoms with Gasteiger partial charge >= 0.3 is 0 Å². The minimum atomic E-state index is -3.66. The summed E-state index contributed by atoms with van der Waals surface area (Å²) in [6.45, 7) is 0. The molecule has 1 aliphatic rings. The highest BCUT2D eigenvalue weighted by Crippen LogP contribution is 2.28. The lowest BCUT2D eigenvalue weighted by atomic mass is 10.4. The fourth-order valence-corrected chi connectivity index (χ4v) is 4.97. The van der Waals surface area contributed by atoms with E-state index in [-0.39, 0.29) is 21.9 Å². The summed E-state index contributed by atoms with van der Waals surface area (Å²) >= 11 is 0. The predicted molar refractivity (Wildman–Crippen MR) is 74.5 cm³/mol. The van der Waals surface area contributed by atoms with Crippen LogP contribution in [0.5, 0.6) is 0 Å². The third kappa shape index (κ3) is 3.07. The first-order chi connectivity index (χ1) is 9.23. The van der Waals surface area contributed by atoms with Crippen LogP contribution in [0.1, 0.15) is 31.4 Å². The molecule has 0 saturated heterocycles. The van der Waals surface area contributed by atoms with E-state index in [2.05, 4.69) is 0 Å². The molecule has 8 heteroatoms. The van der Waals surface area contributed by atoms with Gasteiger partial charge in [0.05, 0.1) is 5.25 Å². The number of furan rings is 1. The molecule has 1 saturated carbocycles. The minimum absolute atomic E-state index is 0.178. The van der Waals surface area contributed by atoms with Crippen LogP contribution in [0.3, 0.4) is 0 Å². The molecule has 0 aliphatic heterocycles. The zero-order chi connectivity index (χ0) is 15.0. The van der Waals surface area contributed by atoms with E-state index in [1.54, 1.807) is 0 Å². The fraction of sp³-hybridized carbons (Fsp3) is 0.667. The van der Waals surface area contributed by atoms with Crippen LogP contribution in [-0.2, 0) is 25.6 Å². The molecule has 1 aromatic rings. The van der Waals surface area contributed by atoms with Crippen LogP contribution in [0, 0.1) is 0 Å². The highest BCUT2D eigenvalue weighted by Gasteiger charge is 2.30. The van der Waals surface area contributed by atoms with Gasteiger partial charge in [0.1, 0.15) is 11.5 Å². The first-order valence-electron chi connectivity index (χ1n) is 6.46. The van der Waals surface area contributed by atoms with Crippen LogP contribution in [0.2, 0.25) is 0 Å². The van der Waals surface area contributed by atoms with Gasteiger partial charge < -0.3 is 4.42 Å². The second-order valence-corrected chi connectivity index (χ2v) is 9.59. The van der Waals surface area contributed by atoms with Gasteiger partial charge in [-0.25, -0.2) is 21.1 Å². The van der Waals surface area contributed by atoms with Crippen molar-refractivity contribution in [1.29, 1.82) is 0 Å². The molecule has 6 nitrogen and oxygen atoms in total. The van der Waals surface area contributed by atoms with Gasteiger partial charge in [-0.3, -0.25) is 0 Å². The zero-order valence-corrected chi connectivity index (χ0v) is 13.2. The van der Waals surface area contributed by atoms with E-state index in [0.29, 0.717) is 12.8 Å². The second-order valence-electron chi connectivity index (χ2n) is 5.22. The molecular formula is C12H19NO5S2. The Morgan fingerprint density at radius 2 is 1.75 bits per heavy atom. The van der Waals surface area contributed by atoms with E-state index in [0.717, 1.165) is 17.1 Å². The van der Waals surface area contributed by atoms with Crippen LogP contribution in [0.4, 0.5) is 0 Å².